The first-order valence-corrected chi connectivity index (χ1v) is 9.85. The minimum atomic E-state index is -0.180. The third-order valence-corrected chi connectivity index (χ3v) is 4.94. The van der Waals surface area contributed by atoms with Crippen LogP contribution in [-0.2, 0) is 11.3 Å². The van der Waals surface area contributed by atoms with E-state index < -0.39 is 0 Å². The number of hydrogen-bond acceptors (Lipinski definition) is 6. The molecule has 0 saturated carbocycles. The predicted octanol–water partition coefficient (Wildman–Crippen LogP) is 2.00. The number of carbonyl (C=O) groups is 1. The second-order valence-corrected chi connectivity index (χ2v) is 7.39. The number of carbonyl (C=O) groups excluding carboxylic acids is 1. The van der Waals surface area contributed by atoms with Gasteiger partial charge in [-0.3, -0.25) is 14.5 Å². The number of nitrogens with zero attached hydrogens (tertiary/aromatic N) is 2. The van der Waals surface area contributed by atoms with E-state index in [1.54, 1.807) is 23.1 Å². The van der Waals surface area contributed by atoms with Crippen LogP contribution in [0.2, 0.25) is 0 Å². The van der Waals surface area contributed by atoms with Crippen LogP contribution in [0.3, 0.4) is 0 Å². The van der Waals surface area contributed by atoms with Gasteiger partial charge in [0.2, 0.25) is 5.91 Å². The van der Waals surface area contributed by atoms with Gasteiger partial charge in [-0.15, -0.1) is 0 Å². The lowest BCUT2D eigenvalue weighted by Gasteiger charge is -2.22. The van der Waals surface area contributed by atoms with Gasteiger partial charge in [0.1, 0.15) is 19.0 Å². The summed E-state index contributed by atoms with van der Waals surface area (Å²) in [6.07, 6.45) is 0. The van der Waals surface area contributed by atoms with E-state index in [4.69, 9.17) is 9.47 Å². The monoisotopic (exact) mass is 408 g/mol. The third-order valence-electron chi connectivity index (χ3n) is 4.94. The highest BCUT2D eigenvalue weighted by Crippen LogP contribution is 2.32. The van der Waals surface area contributed by atoms with E-state index in [1.807, 2.05) is 38.2 Å². The number of hydrogen-bond donors (Lipinski definition) is 2. The number of ether oxygens (including phenoxy) is 2. The zero-order valence-electron chi connectivity index (χ0n) is 17.0. The van der Waals surface area contributed by atoms with Gasteiger partial charge in [0.15, 0.2) is 11.5 Å². The normalized spacial score (nSPS) is 14.0. The highest BCUT2D eigenvalue weighted by molar-refractivity contribution is 5.78. The Hall–Kier alpha value is -3.39. The van der Waals surface area contributed by atoms with Gasteiger partial charge in [0, 0.05) is 0 Å². The Kier molecular flexibility index (Phi) is 5.67. The highest BCUT2D eigenvalue weighted by Gasteiger charge is 2.17. The zero-order chi connectivity index (χ0) is 21.1. The van der Waals surface area contributed by atoms with Gasteiger partial charge < -0.3 is 19.8 Å². The van der Waals surface area contributed by atoms with Gasteiger partial charge in [-0.1, -0.05) is 18.2 Å². The van der Waals surface area contributed by atoms with E-state index in [9.17, 15) is 9.59 Å². The fourth-order valence-electron chi connectivity index (χ4n) is 3.47. The molecule has 4 rings (SSSR count). The summed E-state index contributed by atoms with van der Waals surface area (Å²) in [5.74, 6) is 1.82. The second-order valence-electron chi connectivity index (χ2n) is 7.39. The van der Waals surface area contributed by atoms with E-state index in [0.717, 1.165) is 11.3 Å². The molecule has 3 aromatic rings. The quantitative estimate of drug-likeness (QED) is 0.648. The van der Waals surface area contributed by atoms with E-state index in [-0.39, 0.29) is 24.1 Å². The van der Waals surface area contributed by atoms with Crippen molar-refractivity contribution >= 4 is 16.8 Å². The molecule has 0 radical (unpaired) electrons. The molecule has 0 fully saturated rings. The summed E-state index contributed by atoms with van der Waals surface area (Å²) in [6, 6.07) is 12.7. The second kappa shape index (κ2) is 8.54. The Morgan fingerprint density at radius 1 is 1.20 bits per heavy atom. The van der Waals surface area contributed by atoms with Crippen LogP contribution in [-0.4, -0.2) is 47.6 Å². The fourth-order valence-corrected chi connectivity index (χ4v) is 3.47. The SMILES string of the molecule is C[C@@H](NC(=O)CN(C)Cc1nc2ccccc2c(=O)[nH]1)c1ccc2c(c1)OCCO2. The molecule has 1 aliphatic rings. The average molecular weight is 408 g/mol. The Morgan fingerprint density at radius 3 is 2.80 bits per heavy atom. The summed E-state index contributed by atoms with van der Waals surface area (Å²) in [7, 11) is 1.81. The van der Waals surface area contributed by atoms with Crippen molar-refractivity contribution in [2.75, 3.05) is 26.8 Å². The van der Waals surface area contributed by atoms with Crippen molar-refractivity contribution in [1.82, 2.24) is 20.2 Å². The average Bonchev–Trinajstić information content (AvgIpc) is 2.73. The number of para-hydroxylation sites is 1. The Balaban J connectivity index is 1.36. The molecule has 0 bridgehead atoms. The molecule has 30 heavy (non-hydrogen) atoms. The first kappa shape index (κ1) is 19.9. The summed E-state index contributed by atoms with van der Waals surface area (Å²) in [5, 5.41) is 3.54. The molecule has 8 heteroatoms. The smallest absolute Gasteiger partial charge is 0.258 e. The van der Waals surface area contributed by atoms with Crippen molar-refractivity contribution in [2.24, 2.45) is 0 Å². The molecule has 156 valence electrons. The van der Waals surface area contributed by atoms with Gasteiger partial charge in [0.25, 0.3) is 5.56 Å². The molecule has 1 atom stereocenters. The molecule has 0 aliphatic carbocycles. The van der Waals surface area contributed by atoms with Gasteiger partial charge >= 0.3 is 0 Å². The van der Waals surface area contributed by atoms with Crippen LogP contribution in [0.25, 0.3) is 10.9 Å². The molecule has 0 saturated heterocycles. The number of likely N-dealkylation sites (N-methyl/N-ethyl adjacent to an activating group) is 1. The maximum atomic E-state index is 12.5. The van der Waals surface area contributed by atoms with Crippen molar-refractivity contribution in [3.63, 3.8) is 0 Å². The molecule has 2 aromatic carbocycles. The van der Waals surface area contributed by atoms with Crippen molar-refractivity contribution in [3.8, 4) is 11.5 Å². The lowest BCUT2D eigenvalue weighted by atomic mass is 10.1. The number of amides is 1. The van der Waals surface area contributed by atoms with Crippen molar-refractivity contribution in [1.29, 1.82) is 0 Å². The van der Waals surface area contributed by atoms with E-state index in [1.165, 1.54) is 0 Å². The molecule has 8 nitrogen and oxygen atoms in total. The molecule has 1 aliphatic heterocycles. The van der Waals surface area contributed by atoms with Crippen LogP contribution in [0.15, 0.2) is 47.3 Å². The summed E-state index contributed by atoms with van der Waals surface area (Å²) in [4.78, 5) is 33.8. The molecule has 2 heterocycles. The topological polar surface area (TPSA) is 96.6 Å². The summed E-state index contributed by atoms with van der Waals surface area (Å²) < 4.78 is 11.1. The van der Waals surface area contributed by atoms with E-state index in [2.05, 4.69) is 15.3 Å². The number of fused-ring (bicyclic) bond motifs is 2. The number of aromatic nitrogens is 2. The molecule has 1 aromatic heterocycles. The molecule has 1 amide bonds. The largest absolute Gasteiger partial charge is 0.486 e. The minimum absolute atomic E-state index is 0.122. The van der Waals surface area contributed by atoms with Crippen molar-refractivity contribution < 1.29 is 14.3 Å². The van der Waals surface area contributed by atoms with Gasteiger partial charge in [0.05, 0.1) is 30.0 Å². The lowest BCUT2D eigenvalue weighted by Crippen LogP contribution is -2.36. The number of H-pyrrole nitrogens is 1. The lowest BCUT2D eigenvalue weighted by molar-refractivity contribution is -0.122. The molecular formula is C22H24N4O4. The third kappa shape index (κ3) is 4.44. The van der Waals surface area contributed by atoms with Gasteiger partial charge in [-0.2, -0.15) is 0 Å². The first-order chi connectivity index (χ1) is 14.5. The van der Waals surface area contributed by atoms with Gasteiger partial charge in [-0.25, -0.2) is 4.98 Å². The van der Waals surface area contributed by atoms with E-state index >= 15 is 0 Å². The van der Waals surface area contributed by atoms with Crippen LogP contribution in [0.4, 0.5) is 0 Å². The fraction of sp³-hybridized carbons (Fsp3) is 0.318. The van der Waals surface area contributed by atoms with Gasteiger partial charge in [-0.05, 0) is 43.8 Å². The van der Waals surface area contributed by atoms with Crippen LogP contribution < -0.4 is 20.3 Å². The maximum Gasteiger partial charge on any atom is 0.258 e. The van der Waals surface area contributed by atoms with Crippen LogP contribution in [0.5, 0.6) is 11.5 Å². The number of benzene rings is 2. The van der Waals surface area contributed by atoms with E-state index in [0.29, 0.717) is 42.2 Å². The Morgan fingerprint density at radius 2 is 1.97 bits per heavy atom. The summed E-state index contributed by atoms with van der Waals surface area (Å²) in [5.41, 5.74) is 1.40. The maximum absolute atomic E-state index is 12.5. The first-order valence-electron chi connectivity index (χ1n) is 9.85. The predicted molar refractivity (Wildman–Crippen MR) is 113 cm³/mol. The number of aromatic amines is 1. The molecule has 0 spiro atoms. The Labute approximate surface area is 173 Å². The Bertz CT molecular complexity index is 1130. The van der Waals surface area contributed by atoms with Crippen LogP contribution >= 0.6 is 0 Å². The van der Waals surface area contributed by atoms with Crippen molar-refractivity contribution in [3.05, 3.63) is 64.2 Å². The minimum Gasteiger partial charge on any atom is -0.486 e. The summed E-state index contributed by atoms with van der Waals surface area (Å²) in [6.45, 7) is 3.51. The molecule has 2 N–H and O–H groups in total. The van der Waals surface area contributed by atoms with Crippen LogP contribution in [0.1, 0.15) is 24.4 Å². The number of rotatable bonds is 6. The van der Waals surface area contributed by atoms with Crippen molar-refractivity contribution in [2.45, 2.75) is 19.5 Å². The molecular weight excluding hydrogens is 384 g/mol. The highest BCUT2D eigenvalue weighted by atomic mass is 16.6. The molecule has 0 unspecified atom stereocenters. The standard InChI is InChI=1S/C22H24N4O4/c1-14(15-7-8-18-19(11-15)30-10-9-29-18)23-21(27)13-26(2)12-20-24-17-6-4-3-5-16(17)22(28)25-20/h3-8,11,14H,9-10,12-13H2,1-2H3,(H,23,27)(H,24,25,28)/t14-/m1/s1. The number of nitrogens with one attached hydrogen (secondary N) is 2. The van der Waals surface area contributed by atoms with Crippen LogP contribution in [0, 0.1) is 0 Å². The summed E-state index contributed by atoms with van der Waals surface area (Å²) >= 11 is 0. The zero-order valence-corrected chi connectivity index (χ0v) is 17.0.